The van der Waals surface area contributed by atoms with Gasteiger partial charge in [0.25, 0.3) is 0 Å². The van der Waals surface area contributed by atoms with E-state index >= 15 is 0 Å². The first-order valence-corrected chi connectivity index (χ1v) is 12.7. The molecule has 0 aliphatic carbocycles. The van der Waals surface area contributed by atoms with Crippen LogP contribution in [-0.2, 0) is 0 Å². The lowest BCUT2D eigenvalue weighted by atomic mass is 10.1. The third-order valence-corrected chi connectivity index (χ3v) is 6.84. The molecule has 0 saturated carbocycles. The standard InChI is InChI=1S/C34H21N5/c35-22-23-19-26(21-27(20-23)39-30-17-9-7-15-28(30)29-16-8-10-18-31(29)39)34-37-32(24-11-3-1-4-12-24)36-33(38-34)25-13-5-2-6-14-25/h1-21H. The average molecular weight is 500 g/mol. The topological polar surface area (TPSA) is 67.4 Å². The molecule has 0 atom stereocenters. The second-order valence-corrected chi connectivity index (χ2v) is 9.29. The number of aromatic nitrogens is 4. The Labute approximate surface area is 225 Å². The zero-order valence-corrected chi connectivity index (χ0v) is 20.9. The van der Waals surface area contributed by atoms with Gasteiger partial charge in [-0.2, -0.15) is 5.26 Å². The summed E-state index contributed by atoms with van der Waals surface area (Å²) in [6.45, 7) is 0. The highest BCUT2D eigenvalue weighted by Gasteiger charge is 2.16. The number of fused-ring (bicyclic) bond motifs is 3. The van der Waals surface area contributed by atoms with E-state index in [0.717, 1.165) is 44.2 Å². The van der Waals surface area contributed by atoms with Gasteiger partial charge in [-0.25, -0.2) is 15.0 Å². The van der Waals surface area contributed by atoms with Crippen LogP contribution in [0.3, 0.4) is 0 Å². The van der Waals surface area contributed by atoms with E-state index in [0.29, 0.717) is 23.0 Å². The van der Waals surface area contributed by atoms with Crippen LogP contribution in [0.5, 0.6) is 0 Å². The fourth-order valence-corrected chi connectivity index (χ4v) is 5.07. The minimum Gasteiger partial charge on any atom is -0.309 e. The largest absolute Gasteiger partial charge is 0.309 e. The lowest BCUT2D eigenvalue weighted by Crippen LogP contribution is -2.01. The van der Waals surface area contributed by atoms with E-state index in [9.17, 15) is 5.26 Å². The van der Waals surface area contributed by atoms with E-state index in [1.807, 2.05) is 84.9 Å². The molecule has 0 bridgehead atoms. The van der Waals surface area contributed by atoms with Gasteiger partial charge in [0.1, 0.15) is 0 Å². The molecule has 0 unspecified atom stereocenters. The lowest BCUT2D eigenvalue weighted by molar-refractivity contribution is 1.07. The normalized spacial score (nSPS) is 11.1. The Morgan fingerprint density at radius 2 is 0.949 bits per heavy atom. The average Bonchev–Trinajstić information content (AvgIpc) is 3.36. The first-order chi connectivity index (χ1) is 19.3. The molecule has 0 fully saturated rings. The number of rotatable bonds is 4. The van der Waals surface area contributed by atoms with Crippen molar-refractivity contribution in [3.05, 3.63) is 133 Å². The Morgan fingerprint density at radius 1 is 0.487 bits per heavy atom. The summed E-state index contributed by atoms with van der Waals surface area (Å²) in [5, 5.41) is 12.3. The Hall–Kier alpha value is -5.60. The smallest absolute Gasteiger partial charge is 0.164 e. The number of para-hydroxylation sites is 2. The second kappa shape index (κ2) is 9.37. The van der Waals surface area contributed by atoms with E-state index in [4.69, 9.17) is 15.0 Å². The molecule has 7 aromatic rings. The first-order valence-electron chi connectivity index (χ1n) is 12.7. The summed E-state index contributed by atoms with van der Waals surface area (Å²) in [7, 11) is 0. The van der Waals surface area contributed by atoms with Crippen molar-refractivity contribution in [1.29, 1.82) is 5.26 Å². The summed E-state index contributed by atoms with van der Waals surface area (Å²) in [5.74, 6) is 1.68. The maximum atomic E-state index is 10.0. The predicted octanol–water partition coefficient (Wildman–Crippen LogP) is 7.84. The molecular formula is C34H21N5. The molecule has 2 heterocycles. The van der Waals surface area contributed by atoms with Gasteiger partial charge in [-0.05, 0) is 30.3 Å². The number of nitriles is 1. The summed E-state index contributed by atoms with van der Waals surface area (Å²) in [5.41, 5.74) is 6.12. The minimum atomic E-state index is 0.516. The van der Waals surface area contributed by atoms with Gasteiger partial charge in [-0.15, -0.1) is 0 Å². The van der Waals surface area contributed by atoms with Gasteiger partial charge in [0.2, 0.25) is 0 Å². The van der Waals surface area contributed by atoms with Crippen molar-refractivity contribution >= 4 is 21.8 Å². The summed E-state index contributed by atoms with van der Waals surface area (Å²) >= 11 is 0. The molecule has 7 rings (SSSR count). The molecule has 182 valence electrons. The molecule has 5 aromatic carbocycles. The van der Waals surface area contributed by atoms with Crippen LogP contribution in [0.4, 0.5) is 0 Å². The number of benzene rings is 5. The Bertz CT molecular complexity index is 1910. The Morgan fingerprint density at radius 3 is 1.46 bits per heavy atom. The van der Waals surface area contributed by atoms with Crippen LogP contribution in [0.2, 0.25) is 0 Å². The van der Waals surface area contributed by atoms with E-state index in [2.05, 4.69) is 53.1 Å². The van der Waals surface area contributed by atoms with Crippen LogP contribution in [0.25, 0.3) is 61.7 Å². The SMILES string of the molecule is N#Cc1cc(-c2nc(-c3ccccc3)nc(-c3ccccc3)n2)cc(-n2c3ccccc3c3ccccc32)c1. The molecule has 39 heavy (non-hydrogen) atoms. The van der Waals surface area contributed by atoms with Crippen molar-refractivity contribution in [3.8, 4) is 45.9 Å². The van der Waals surface area contributed by atoms with Crippen LogP contribution >= 0.6 is 0 Å². The van der Waals surface area contributed by atoms with Gasteiger partial charge in [0.15, 0.2) is 17.5 Å². The molecule has 5 heteroatoms. The van der Waals surface area contributed by atoms with Crippen LogP contribution in [0.15, 0.2) is 127 Å². The highest BCUT2D eigenvalue weighted by Crippen LogP contribution is 2.34. The molecular weight excluding hydrogens is 478 g/mol. The van der Waals surface area contributed by atoms with E-state index in [-0.39, 0.29) is 0 Å². The third-order valence-electron chi connectivity index (χ3n) is 6.84. The van der Waals surface area contributed by atoms with Gasteiger partial charge in [-0.1, -0.05) is 97.1 Å². The monoisotopic (exact) mass is 499 g/mol. The highest BCUT2D eigenvalue weighted by molar-refractivity contribution is 6.09. The molecule has 0 saturated heterocycles. The molecule has 0 radical (unpaired) electrons. The Balaban J connectivity index is 1.49. The molecule has 2 aromatic heterocycles. The fraction of sp³-hybridized carbons (Fsp3) is 0. The zero-order chi connectivity index (χ0) is 26.2. The summed E-state index contributed by atoms with van der Waals surface area (Å²) in [6.07, 6.45) is 0. The van der Waals surface area contributed by atoms with Crippen LogP contribution in [-0.4, -0.2) is 19.5 Å². The van der Waals surface area contributed by atoms with Gasteiger partial charge in [0.05, 0.1) is 22.7 Å². The van der Waals surface area contributed by atoms with Crippen LogP contribution < -0.4 is 0 Å². The maximum Gasteiger partial charge on any atom is 0.164 e. The minimum absolute atomic E-state index is 0.516. The molecule has 0 N–H and O–H groups in total. The second-order valence-electron chi connectivity index (χ2n) is 9.29. The molecule has 5 nitrogen and oxygen atoms in total. The van der Waals surface area contributed by atoms with Gasteiger partial charge in [0, 0.05) is 33.2 Å². The molecule has 0 aliphatic rings. The summed E-state index contributed by atoms with van der Waals surface area (Å²) in [4.78, 5) is 14.6. The number of hydrogen-bond acceptors (Lipinski definition) is 4. The van der Waals surface area contributed by atoms with Crippen molar-refractivity contribution in [2.75, 3.05) is 0 Å². The van der Waals surface area contributed by atoms with Crippen LogP contribution in [0.1, 0.15) is 5.56 Å². The predicted molar refractivity (Wildman–Crippen MR) is 155 cm³/mol. The van der Waals surface area contributed by atoms with Crippen molar-refractivity contribution < 1.29 is 0 Å². The quantitative estimate of drug-likeness (QED) is 0.247. The first kappa shape index (κ1) is 22.6. The maximum absolute atomic E-state index is 10.0. The fourth-order valence-electron chi connectivity index (χ4n) is 5.07. The molecule has 0 amide bonds. The molecule has 0 spiro atoms. The zero-order valence-electron chi connectivity index (χ0n) is 20.9. The third kappa shape index (κ3) is 4.01. The van der Waals surface area contributed by atoms with Crippen molar-refractivity contribution in [3.63, 3.8) is 0 Å². The summed E-state index contributed by atoms with van der Waals surface area (Å²) < 4.78 is 2.20. The van der Waals surface area contributed by atoms with Gasteiger partial charge < -0.3 is 4.57 Å². The van der Waals surface area contributed by atoms with Gasteiger partial charge in [-0.3, -0.25) is 0 Å². The van der Waals surface area contributed by atoms with Crippen molar-refractivity contribution in [2.24, 2.45) is 0 Å². The van der Waals surface area contributed by atoms with E-state index < -0.39 is 0 Å². The summed E-state index contributed by atoms with van der Waals surface area (Å²) in [6, 6.07) is 44.6. The van der Waals surface area contributed by atoms with Gasteiger partial charge >= 0.3 is 0 Å². The van der Waals surface area contributed by atoms with E-state index in [1.165, 1.54) is 0 Å². The van der Waals surface area contributed by atoms with Crippen LogP contribution in [0, 0.1) is 11.3 Å². The Kier molecular flexibility index (Phi) is 5.42. The van der Waals surface area contributed by atoms with E-state index in [1.54, 1.807) is 0 Å². The van der Waals surface area contributed by atoms with Crippen molar-refractivity contribution in [1.82, 2.24) is 19.5 Å². The number of hydrogen-bond donors (Lipinski definition) is 0. The number of nitrogens with zero attached hydrogens (tertiary/aromatic N) is 5. The lowest BCUT2D eigenvalue weighted by Gasteiger charge is -2.12. The van der Waals surface area contributed by atoms with Crippen molar-refractivity contribution in [2.45, 2.75) is 0 Å². The molecule has 0 aliphatic heterocycles. The highest BCUT2D eigenvalue weighted by atomic mass is 15.0.